The van der Waals surface area contributed by atoms with Crippen LogP contribution in [0.5, 0.6) is 5.75 Å². The average molecular weight is 435 g/mol. The van der Waals surface area contributed by atoms with E-state index < -0.39 is 0 Å². The molecule has 7 nitrogen and oxygen atoms in total. The van der Waals surface area contributed by atoms with Crippen molar-refractivity contribution in [3.05, 3.63) is 87.3 Å². The number of carbonyl (C=O) groups is 1. The zero-order valence-electron chi connectivity index (χ0n) is 17.2. The topological polar surface area (TPSA) is 85.6 Å². The Morgan fingerprint density at radius 2 is 1.90 bits per heavy atom. The number of rotatable bonds is 7. The van der Waals surface area contributed by atoms with Gasteiger partial charge in [-0.2, -0.15) is 9.61 Å². The number of nitrogens with zero attached hydrogens (tertiary/aromatic N) is 3. The van der Waals surface area contributed by atoms with Crippen LogP contribution in [-0.4, -0.2) is 20.5 Å². The number of anilines is 1. The highest BCUT2D eigenvalue weighted by Gasteiger charge is 2.18. The molecule has 2 aromatic carbocycles. The molecule has 2 heterocycles. The minimum absolute atomic E-state index is 0.0415. The van der Waals surface area contributed by atoms with Crippen molar-refractivity contribution in [1.82, 2.24) is 14.6 Å². The van der Waals surface area contributed by atoms with Crippen LogP contribution in [-0.2, 0) is 11.4 Å². The molecule has 8 heteroatoms. The van der Waals surface area contributed by atoms with Crippen molar-refractivity contribution in [2.45, 2.75) is 32.8 Å². The Kier molecular flexibility index (Phi) is 6.08. The molecule has 0 radical (unpaired) electrons. The van der Waals surface area contributed by atoms with Gasteiger partial charge in [-0.25, -0.2) is 4.98 Å². The van der Waals surface area contributed by atoms with Gasteiger partial charge < -0.3 is 10.1 Å². The van der Waals surface area contributed by atoms with Gasteiger partial charge in [-0.15, -0.1) is 0 Å². The zero-order chi connectivity index (χ0) is 21.8. The largest absolute Gasteiger partial charge is 0.487 e. The van der Waals surface area contributed by atoms with Gasteiger partial charge in [-0.3, -0.25) is 9.59 Å². The summed E-state index contributed by atoms with van der Waals surface area (Å²) in [6.45, 7) is 4.00. The van der Waals surface area contributed by atoms with Crippen molar-refractivity contribution in [2.75, 3.05) is 5.32 Å². The van der Waals surface area contributed by atoms with E-state index in [0.717, 1.165) is 10.6 Å². The lowest BCUT2D eigenvalue weighted by Crippen LogP contribution is -2.20. The molecule has 0 spiro atoms. The number of benzene rings is 2. The lowest BCUT2D eigenvalue weighted by Gasteiger charge is -2.15. The molecular formula is C23H22N4O3S. The fourth-order valence-electron chi connectivity index (χ4n) is 3.30. The van der Waals surface area contributed by atoms with Crippen LogP contribution in [0.3, 0.4) is 0 Å². The first-order chi connectivity index (χ1) is 15.0. The van der Waals surface area contributed by atoms with Crippen molar-refractivity contribution < 1.29 is 9.53 Å². The number of carbonyl (C=O) groups excluding carboxylic acids is 1. The SMILES string of the molecule is CCC(C(=O)Nc1ccc(OCc2cc(=O)n3nc(C)sc3n2)cc1)c1ccccc1. The first kappa shape index (κ1) is 20.7. The molecule has 0 saturated carbocycles. The van der Waals surface area contributed by atoms with E-state index in [1.165, 1.54) is 21.9 Å². The van der Waals surface area contributed by atoms with E-state index in [-0.39, 0.29) is 24.0 Å². The van der Waals surface area contributed by atoms with E-state index in [0.29, 0.717) is 28.5 Å². The van der Waals surface area contributed by atoms with Crippen LogP contribution in [0.25, 0.3) is 4.96 Å². The van der Waals surface area contributed by atoms with E-state index in [2.05, 4.69) is 15.4 Å². The molecule has 0 aliphatic rings. The third-order valence-corrected chi connectivity index (χ3v) is 5.66. The molecule has 0 aliphatic heterocycles. The number of aryl methyl sites for hydroxylation is 1. The normalized spacial score (nSPS) is 11.9. The van der Waals surface area contributed by atoms with Crippen LogP contribution in [0, 0.1) is 6.92 Å². The van der Waals surface area contributed by atoms with E-state index >= 15 is 0 Å². The third kappa shape index (κ3) is 4.80. The molecule has 1 atom stereocenters. The molecule has 4 aromatic rings. The standard InChI is InChI=1S/C23H22N4O3S/c1-3-20(16-7-5-4-6-8-16)22(29)24-17-9-11-19(12-10-17)30-14-18-13-21(28)27-23(25-18)31-15(2)26-27/h4-13,20H,3,14H2,1-2H3,(H,24,29). The molecule has 4 rings (SSSR count). The molecule has 158 valence electrons. The molecule has 1 amide bonds. The van der Waals surface area contributed by atoms with Gasteiger partial charge in [0.2, 0.25) is 10.9 Å². The second-order valence-electron chi connectivity index (χ2n) is 7.07. The summed E-state index contributed by atoms with van der Waals surface area (Å²) in [5.41, 5.74) is 2.01. The molecule has 0 fully saturated rings. The van der Waals surface area contributed by atoms with Gasteiger partial charge in [-0.1, -0.05) is 48.6 Å². The maximum absolute atomic E-state index is 12.7. The van der Waals surface area contributed by atoms with Crippen LogP contribution in [0.4, 0.5) is 5.69 Å². The van der Waals surface area contributed by atoms with Gasteiger partial charge >= 0.3 is 0 Å². The van der Waals surface area contributed by atoms with Crippen LogP contribution < -0.4 is 15.6 Å². The second kappa shape index (κ2) is 9.09. The van der Waals surface area contributed by atoms with Crippen LogP contribution >= 0.6 is 11.3 Å². The fourth-order valence-corrected chi connectivity index (χ4v) is 4.07. The van der Waals surface area contributed by atoms with Crippen LogP contribution in [0.1, 0.15) is 35.5 Å². The first-order valence-electron chi connectivity index (χ1n) is 9.98. The average Bonchev–Trinajstić information content (AvgIpc) is 3.15. The van der Waals surface area contributed by atoms with E-state index in [9.17, 15) is 9.59 Å². The highest BCUT2D eigenvalue weighted by atomic mass is 32.1. The highest BCUT2D eigenvalue weighted by molar-refractivity contribution is 7.16. The highest BCUT2D eigenvalue weighted by Crippen LogP contribution is 2.23. The van der Waals surface area contributed by atoms with Gasteiger partial charge in [0.05, 0.1) is 11.6 Å². The Balaban J connectivity index is 1.39. The van der Waals surface area contributed by atoms with E-state index in [4.69, 9.17) is 4.74 Å². The van der Waals surface area contributed by atoms with Gasteiger partial charge in [-0.05, 0) is 43.2 Å². The minimum Gasteiger partial charge on any atom is -0.487 e. The summed E-state index contributed by atoms with van der Waals surface area (Å²) < 4.78 is 7.05. The zero-order valence-corrected chi connectivity index (χ0v) is 18.1. The van der Waals surface area contributed by atoms with Crippen molar-refractivity contribution in [2.24, 2.45) is 0 Å². The van der Waals surface area contributed by atoms with Crippen molar-refractivity contribution in [3.63, 3.8) is 0 Å². The lowest BCUT2D eigenvalue weighted by atomic mass is 9.95. The maximum Gasteiger partial charge on any atom is 0.275 e. The molecule has 2 aromatic heterocycles. The number of aromatic nitrogens is 3. The summed E-state index contributed by atoms with van der Waals surface area (Å²) >= 11 is 1.36. The summed E-state index contributed by atoms with van der Waals surface area (Å²) in [6.07, 6.45) is 0.716. The molecule has 31 heavy (non-hydrogen) atoms. The Labute approximate surface area is 183 Å². The predicted octanol–water partition coefficient (Wildman–Crippen LogP) is 4.17. The van der Waals surface area contributed by atoms with Crippen molar-refractivity contribution in [1.29, 1.82) is 0 Å². The molecule has 0 saturated heterocycles. The second-order valence-corrected chi connectivity index (χ2v) is 8.24. The predicted molar refractivity (Wildman–Crippen MR) is 121 cm³/mol. The van der Waals surface area contributed by atoms with Gasteiger partial charge in [0.1, 0.15) is 17.4 Å². The van der Waals surface area contributed by atoms with E-state index in [1.54, 1.807) is 24.3 Å². The summed E-state index contributed by atoms with van der Waals surface area (Å²) in [4.78, 5) is 29.8. The third-order valence-electron chi connectivity index (χ3n) is 4.83. The molecule has 1 N–H and O–H groups in total. The Bertz CT molecular complexity index is 1250. The Morgan fingerprint density at radius 3 is 2.61 bits per heavy atom. The van der Waals surface area contributed by atoms with Gasteiger partial charge in [0.25, 0.3) is 5.56 Å². The lowest BCUT2D eigenvalue weighted by molar-refractivity contribution is -0.117. The Hall–Kier alpha value is -3.52. The van der Waals surface area contributed by atoms with Crippen LogP contribution in [0.2, 0.25) is 0 Å². The first-order valence-corrected chi connectivity index (χ1v) is 10.8. The Morgan fingerprint density at radius 1 is 1.16 bits per heavy atom. The number of fused-ring (bicyclic) bond motifs is 1. The van der Waals surface area contributed by atoms with Crippen molar-refractivity contribution in [3.8, 4) is 5.75 Å². The van der Waals surface area contributed by atoms with Crippen molar-refractivity contribution >= 4 is 27.9 Å². The monoisotopic (exact) mass is 434 g/mol. The smallest absolute Gasteiger partial charge is 0.275 e. The number of ether oxygens (including phenoxy) is 1. The van der Waals surface area contributed by atoms with Gasteiger partial charge in [0.15, 0.2) is 0 Å². The summed E-state index contributed by atoms with van der Waals surface area (Å²) in [7, 11) is 0. The van der Waals surface area contributed by atoms with Gasteiger partial charge in [0, 0.05) is 11.8 Å². The number of hydrogen-bond acceptors (Lipinski definition) is 6. The minimum atomic E-state index is -0.227. The number of hydrogen-bond donors (Lipinski definition) is 1. The summed E-state index contributed by atoms with van der Waals surface area (Å²) in [5.74, 6) is 0.378. The molecular weight excluding hydrogens is 412 g/mol. The molecule has 0 bridgehead atoms. The quantitative estimate of drug-likeness (QED) is 0.472. The summed E-state index contributed by atoms with van der Waals surface area (Å²) in [5, 5.41) is 7.87. The number of nitrogens with one attached hydrogen (secondary N) is 1. The van der Waals surface area contributed by atoms with E-state index in [1.807, 2.05) is 44.2 Å². The summed E-state index contributed by atoms with van der Waals surface area (Å²) in [6, 6.07) is 18.3. The fraction of sp³-hybridized carbons (Fsp3) is 0.217. The number of amides is 1. The molecule has 0 aliphatic carbocycles. The maximum atomic E-state index is 12.7. The van der Waals surface area contributed by atoms with Crippen LogP contribution in [0.15, 0.2) is 65.5 Å². The molecule has 1 unspecified atom stereocenters.